The number of amides is 1. The highest BCUT2D eigenvalue weighted by molar-refractivity contribution is 5.92. The van der Waals surface area contributed by atoms with Crippen molar-refractivity contribution in [1.82, 2.24) is 14.9 Å². The first kappa shape index (κ1) is 15.3. The number of nitrogens with zero attached hydrogens (tertiary/aromatic N) is 3. The number of methoxy groups -OCH3 is 1. The van der Waals surface area contributed by atoms with Gasteiger partial charge in [-0.05, 0) is 6.07 Å². The summed E-state index contributed by atoms with van der Waals surface area (Å²) in [4.78, 5) is 21.5. The van der Waals surface area contributed by atoms with Gasteiger partial charge < -0.3 is 9.64 Å². The number of halogens is 2. The van der Waals surface area contributed by atoms with E-state index in [0.717, 1.165) is 0 Å². The molecular formula is C16H15F2N3O2. The predicted octanol–water partition coefficient (Wildman–Crippen LogP) is 2.34. The Bertz CT molecular complexity index is 741. The molecule has 5 nitrogen and oxygen atoms in total. The van der Waals surface area contributed by atoms with Crippen molar-refractivity contribution in [2.24, 2.45) is 0 Å². The topological polar surface area (TPSA) is 55.3 Å². The molecular weight excluding hydrogens is 304 g/mol. The molecule has 1 atom stereocenters. The molecule has 0 radical (unpaired) electrons. The molecule has 0 bridgehead atoms. The van der Waals surface area contributed by atoms with Crippen LogP contribution in [0, 0.1) is 5.82 Å². The van der Waals surface area contributed by atoms with Gasteiger partial charge in [0.1, 0.15) is 17.8 Å². The molecule has 1 aromatic heterocycles. The van der Waals surface area contributed by atoms with Crippen LogP contribution in [0.1, 0.15) is 22.5 Å². The van der Waals surface area contributed by atoms with Crippen molar-refractivity contribution in [3.63, 3.8) is 0 Å². The molecule has 1 aliphatic heterocycles. The third kappa shape index (κ3) is 2.86. The van der Waals surface area contributed by atoms with Crippen molar-refractivity contribution in [3.8, 4) is 5.88 Å². The Hall–Kier alpha value is -2.57. The van der Waals surface area contributed by atoms with E-state index in [9.17, 15) is 9.18 Å². The van der Waals surface area contributed by atoms with Gasteiger partial charge in [-0.2, -0.15) is 0 Å². The van der Waals surface area contributed by atoms with Crippen molar-refractivity contribution in [3.05, 3.63) is 53.7 Å². The van der Waals surface area contributed by atoms with Crippen LogP contribution in [0.2, 0.25) is 0 Å². The van der Waals surface area contributed by atoms with Crippen LogP contribution in [-0.4, -0.2) is 41.0 Å². The fraction of sp³-hybridized carbons (Fsp3) is 0.312. The average Bonchev–Trinajstić information content (AvgIpc) is 2.98. The molecule has 0 N–H and O–H groups in total. The second-order valence-electron chi connectivity index (χ2n) is 5.37. The van der Waals surface area contributed by atoms with Crippen LogP contribution in [0.5, 0.6) is 5.88 Å². The highest BCUT2D eigenvalue weighted by atomic mass is 19.1. The first-order valence-electron chi connectivity index (χ1n) is 7.13. The molecule has 2 aromatic rings. The van der Waals surface area contributed by atoms with E-state index >= 15 is 4.39 Å². The van der Waals surface area contributed by atoms with Gasteiger partial charge in [0.15, 0.2) is 5.67 Å². The number of benzene rings is 1. The Morgan fingerprint density at radius 2 is 2.13 bits per heavy atom. The minimum atomic E-state index is -1.89. The quantitative estimate of drug-likeness (QED) is 0.871. The second kappa shape index (κ2) is 5.91. The lowest BCUT2D eigenvalue weighted by Crippen LogP contribution is -2.33. The van der Waals surface area contributed by atoms with Gasteiger partial charge in [0.25, 0.3) is 5.91 Å². The molecule has 1 unspecified atom stereocenters. The molecule has 0 saturated carbocycles. The third-order valence-corrected chi connectivity index (χ3v) is 3.93. The zero-order valence-corrected chi connectivity index (χ0v) is 12.5. The van der Waals surface area contributed by atoms with Crippen LogP contribution in [0.15, 0.2) is 36.7 Å². The van der Waals surface area contributed by atoms with Crippen molar-refractivity contribution in [2.45, 2.75) is 12.1 Å². The minimum absolute atomic E-state index is 0.0180. The summed E-state index contributed by atoms with van der Waals surface area (Å²) in [5.41, 5.74) is -1.79. The maximum absolute atomic E-state index is 15.1. The van der Waals surface area contributed by atoms with E-state index in [1.54, 1.807) is 6.07 Å². The smallest absolute Gasteiger partial charge is 0.272 e. The van der Waals surface area contributed by atoms with Crippen LogP contribution in [-0.2, 0) is 5.67 Å². The summed E-state index contributed by atoms with van der Waals surface area (Å²) < 4.78 is 33.9. The molecule has 120 valence electrons. The number of likely N-dealkylation sites (tertiary alicyclic amines) is 1. The fourth-order valence-electron chi connectivity index (χ4n) is 2.72. The molecule has 3 rings (SSSR count). The molecule has 0 aliphatic carbocycles. The lowest BCUT2D eigenvalue weighted by Gasteiger charge is -2.21. The number of carbonyl (C=O) groups is 1. The molecule has 1 fully saturated rings. The highest BCUT2D eigenvalue weighted by Crippen LogP contribution is 2.37. The van der Waals surface area contributed by atoms with Crippen molar-refractivity contribution < 1.29 is 18.3 Å². The Labute approximate surface area is 131 Å². The van der Waals surface area contributed by atoms with Crippen molar-refractivity contribution in [2.75, 3.05) is 20.2 Å². The van der Waals surface area contributed by atoms with Crippen LogP contribution in [0.25, 0.3) is 0 Å². The van der Waals surface area contributed by atoms with E-state index in [0.29, 0.717) is 0 Å². The van der Waals surface area contributed by atoms with E-state index < -0.39 is 17.4 Å². The van der Waals surface area contributed by atoms with Crippen LogP contribution in [0.3, 0.4) is 0 Å². The van der Waals surface area contributed by atoms with Crippen LogP contribution < -0.4 is 4.74 Å². The van der Waals surface area contributed by atoms with E-state index in [1.807, 2.05) is 0 Å². The summed E-state index contributed by atoms with van der Waals surface area (Å²) >= 11 is 0. The predicted molar refractivity (Wildman–Crippen MR) is 78.3 cm³/mol. The summed E-state index contributed by atoms with van der Waals surface area (Å²) in [6.45, 7) is -0.0188. The molecule has 23 heavy (non-hydrogen) atoms. The number of hydrogen-bond acceptors (Lipinski definition) is 4. The molecule has 7 heteroatoms. The Balaban J connectivity index is 1.81. The lowest BCUT2D eigenvalue weighted by atomic mass is 9.94. The molecule has 2 heterocycles. The molecule has 1 aliphatic rings. The zero-order valence-electron chi connectivity index (χ0n) is 12.5. The number of hydrogen-bond donors (Lipinski definition) is 0. The second-order valence-corrected chi connectivity index (χ2v) is 5.37. The number of alkyl halides is 1. The molecule has 1 amide bonds. The fourth-order valence-corrected chi connectivity index (χ4v) is 2.72. The molecule has 1 saturated heterocycles. The summed E-state index contributed by atoms with van der Waals surface area (Å²) in [5, 5.41) is 0. The van der Waals surface area contributed by atoms with Crippen molar-refractivity contribution >= 4 is 5.91 Å². The van der Waals surface area contributed by atoms with E-state index in [-0.39, 0.29) is 36.6 Å². The average molecular weight is 319 g/mol. The normalized spacial score (nSPS) is 20.6. The summed E-state index contributed by atoms with van der Waals surface area (Å²) in [6.07, 6.45) is 1.25. The number of rotatable bonds is 3. The van der Waals surface area contributed by atoms with Gasteiger partial charge in [-0.3, -0.25) is 4.79 Å². The van der Waals surface area contributed by atoms with Crippen molar-refractivity contribution in [1.29, 1.82) is 0 Å². The first-order chi connectivity index (χ1) is 11.0. The van der Waals surface area contributed by atoms with Crippen LogP contribution >= 0.6 is 0 Å². The maximum atomic E-state index is 15.1. The Morgan fingerprint density at radius 1 is 1.35 bits per heavy atom. The number of ether oxygens (including phenoxy) is 1. The van der Waals surface area contributed by atoms with Gasteiger partial charge in [0, 0.05) is 24.6 Å². The summed E-state index contributed by atoms with van der Waals surface area (Å²) in [5.74, 6) is -0.780. The Kier molecular flexibility index (Phi) is 3.94. The molecule has 0 spiro atoms. The zero-order chi connectivity index (χ0) is 16.4. The van der Waals surface area contributed by atoms with E-state index in [1.165, 1.54) is 42.6 Å². The Morgan fingerprint density at radius 3 is 2.87 bits per heavy atom. The van der Waals surface area contributed by atoms with E-state index in [2.05, 4.69) is 9.97 Å². The van der Waals surface area contributed by atoms with Gasteiger partial charge in [0.05, 0.1) is 13.7 Å². The SMILES string of the molecule is COc1cc(C(=O)N2CCC(F)(c3ccccc3F)C2)ncn1. The highest BCUT2D eigenvalue weighted by Gasteiger charge is 2.43. The largest absolute Gasteiger partial charge is 0.481 e. The van der Waals surface area contributed by atoms with Gasteiger partial charge in [-0.15, -0.1) is 0 Å². The van der Waals surface area contributed by atoms with Gasteiger partial charge in [-0.25, -0.2) is 18.7 Å². The number of aromatic nitrogens is 2. The van der Waals surface area contributed by atoms with Crippen LogP contribution in [0.4, 0.5) is 8.78 Å². The summed E-state index contributed by atoms with van der Waals surface area (Å²) in [6, 6.07) is 7.11. The van der Waals surface area contributed by atoms with Gasteiger partial charge in [0.2, 0.25) is 5.88 Å². The number of carbonyl (C=O) groups excluding carboxylic acids is 1. The third-order valence-electron chi connectivity index (χ3n) is 3.93. The first-order valence-corrected chi connectivity index (χ1v) is 7.13. The lowest BCUT2D eigenvalue weighted by molar-refractivity contribution is 0.0742. The standard InChI is InChI=1S/C16H15F2N3O2/c1-23-14-8-13(19-10-20-14)15(22)21-7-6-16(18,9-21)11-4-2-3-5-12(11)17/h2-5,8,10H,6-7,9H2,1H3. The minimum Gasteiger partial charge on any atom is -0.481 e. The van der Waals surface area contributed by atoms with E-state index in [4.69, 9.17) is 4.74 Å². The van der Waals surface area contributed by atoms with Gasteiger partial charge in [-0.1, -0.05) is 18.2 Å². The summed E-state index contributed by atoms with van der Waals surface area (Å²) in [7, 11) is 1.43. The monoisotopic (exact) mass is 319 g/mol. The molecule has 1 aromatic carbocycles. The maximum Gasteiger partial charge on any atom is 0.272 e. The van der Waals surface area contributed by atoms with Gasteiger partial charge >= 0.3 is 0 Å².